The van der Waals surface area contributed by atoms with Gasteiger partial charge in [-0.3, -0.25) is 4.79 Å². The molecule has 0 saturated carbocycles. The molecular weight excluding hydrogens is 432 g/mol. The van der Waals surface area contributed by atoms with Crippen LogP contribution in [-0.4, -0.2) is 26.0 Å². The summed E-state index contributed by atoms with van der Waals surface area (Å²) >= 11 is 5.86. The number of ketones is 1. The van der Waals surface area contributed by atoms with Crippen LogP contribution < -0.4 is 18.9 Å². The van der Waals surface area contributed by atoms with Gasteiger partial charge in [0.25, 0.3) is 0 Å². The van der Waals surface area contributed by atoms with Gasteiger partial charge in [0.2, 0.25) is 5.78 Å². The number of carbonyl (C=O) groups is 2. The molecule has 0 aliphatic carbocycles. The number of Topliss-reactive ketones (excluding diaryl/α,β-unsaturated/α-hetero) is 1. The van der Waals surface area contributed by atoms with E-state index in [-0.39, 0.29) is 17.3 Å². The smallest absolute Gasteiger partial charge is 0.343 e. The standard InChI is InChI=1S/C25H19ClO6/c1-14-10-18(31-25(28)16-5-7-17(26)8-6-16)13-21-23(14)24(27)22(32-21)12-15-4-9-19(29-2)20(11-15)30-3/h4-13H,1-3H3/b22-12-. The lowest BCUT2D eigenvalue weighted by Crippen LogP contribution is -2.08. The molecule has 6 nitrogen and oxygen atoms in total. The highest BCUT2D eigenvalue weighted by Gasteiger charge is 2.30. The molecule has 162 valence electrons. The summed E-state index contributed by atoms with van der Waals surface area (Å²) in [6.07, 6.45) is 1.63. The first-order chi connectivity index (χ1) is 15.4. The predicted octanol–water partition coefficient (Wildman–Crippen LogP) is 5.50. The van der Waals surface area contributed by atoms with E-state index in [4.69, 9.17) is 30.5 Å². The van der Waals surface area contributed by atoms with E-state index in [0.29, 0.717) is 44.5 Å². The van der Waals surface area contributed by atoms with Crippen molar-refractivity contribution in [2.45, 2.75) is 6.92 Å². The highest BCUT2D eigenvalue weighted by Crippen LogP contribution is 2.38. The minimum absolute atomic E-state index is 0.163. The van der Waals surface area contributed by atoms with E-state index in [1.165, 1.54) is 13.2 Å². The third kappa shape index (κ3) is 4.18. The summed E-state index contributed by atoms with van der Waals surface area (Å²) in [5, 5.41) is 0.524. The van der Waals surface area contributed by atoms with Crippen LogP contribution in [0.5, 0.6) is 23.0 Å². The molecule has 1 aliphatic heterocycles. The molecule has 0 aromatic heterocycles. The van der Waals surface area contributed by atoms with Crippen molar-refractivity contribution >= 4 is 29.4 Å². The number of hydrogen-bond donors (Lipinski definition) is 0. The monoisotopic (exact) mass is 450 g/mol. The van der Waals surface area contributed by atoms with E-state index < -0.39 is 5.97 Å². The first-order valence-electron chi connectivity index (χ1n) is 9.68. The Kier molecular flexibility index (Phi) is 5.88. The number of carbonyl (C=O) groups excluding carboxylic acids is 2. The first kappa shape index (κ1) is 21.5. The summed E-state index contributed by atoms with van der Waals surface area (Å²) in [6, 6.07) is 14.8. The Morgan fingerprint density at radius 3 is 2.38 bits per heavy atom. The fourth-order valence-electron chi connectivity index (χ4n) is 3.38. The summed E-state index contributed by atoms with van der Waals surface area (Å²) in [5.41, 5.74) is 2.15. The van der Waals surface area contributed by atoms with Crippen LogP contribution >= 0.6 is 11.6 Å². The van der Waals surface area contributed by atoms with Crippen LogP contribution in [0.1, 0.15) is 31.8 Å². The zero-order valence-corrected chi connectivity index (χ0v) is 18.4. The van der Waals surface area contributed by atoms with Crippen molar-refractivity contribution in [3.63, 3.8) is 0 Å². The van der Waals surface area contributed by atoms with E-state index in [0.717, 1.165) is 0 Å². The summed E-state index contributed by atoms with van der Waals surface area (Å²) in [4.78, 5) is 25.3. The quantitative estimate of drug-likeness (QED) is 0.290. The zero-order valence-electron chi connectivity index (χ0n) is 17.6. The van der Waals surface area contributed by atoms with Crippen LogP contribution in [0.3, 0.4) is 0 Å². The molecule has 0 fully saturated rings. The van der Waals surface area contributed by atoms with Gasteiger partial charge in [0.1, 0.15) is 11.5 Å². The maximum atomic E-state index is 12.9. The first-order valence-corrected chi connectivity index (χ1v) is 10.1. The Bertz CT molecular complexity index is 1240. The molecular formula is C25H19ClO6. The maximum absolute atomic E-state index is 12.9. The van der Waals surface area contributed by atoms with E-state index in [2.05, 4.69) is 0 Å². The molecule has 0 bridgehead atoms. The third-order valence-electron chi connectivity index (χ3n) is 4.94. The molecule has 0 unspecified atom stereocenters. The lowest BCUT2D eigenvalue weighted by atomic mass is 10.0. The molecule has 3 aromatic carbocycles. The second-order valence-corrected chi connectivity index (χ2v) is 7.50. The number of benzene rings is 3. The molecule has 0 atom stereocenters. The van der Waals surface area contributed by atoms with Gasteiger partial charge < -0.3 is 18.9 Å². The molecule has 0 spiro atoms. The predicted molar refractivity (Wildman–Crippen MR) is 120 cm³/mol. The SMILES string of the molecule is COc1ccc(/C=C2\Oc3cc(OC(=O)c4ccc(Cl)cc4)cc(C)c3C2=O)cc1OC. The highest BCUT2D eigenvalue weighted by molar-refractivity contribution is 6.30. The van der Waals surface area contributed by atoms with Gasteiger partial charge in [0.05, 0.1) is 25.3 Å². The maximum Gasteiger partial charge on any atom is 0.343 e. The molecule has 4 rings (SSSR count). The molecule has 3 aromatic rings. The third-order valence-corrected chi connectivity index (χ3v) is 5.19. The normalized spacial score (nSPS) is 13.5. The lowest BCUT2D eigenvalue weighted by Gasteiger charge is -2.08. The Balaban J connectivity index is 1.60. The number of ether oxygens (including phenoxy) is 4. The number of aryl methyl sites for hydroxylation is 1. The summed E-state index contributed by atoms with van der Waals surface area (Å²) in [5.74, 6) is 1.12. The van der Waals surface area contributed by atoms with Crippen LogP contribution in [0, 0.1) is 6.92 Å². The number of hydrogen-bond acceptors (Lipinski definition) is 6. The van der Waals surface area contributed by atoms with E-state index >= 15 is 0 Å². The summed E-state index contributed by atoms with van der Waals surface area (Å²) < 4.78 is 21.8. The van der Waals surface area contributed by atoms with Crippen molar-refractivity contribution in [2.24, 2.45) is 0 Å². The Hall–Kier alpha value is -3.77. The van der Waals surface area contributed by atoms with Gasteiger partial charge in [0, 0.05) is 11.1 Å². The van der Waals surface area contributed by atoms with Gasteiger partial charge in [-0.2, -0.15) is 0 Å². The fourth-order valence-corrected chi connectivity index (χ4v) is 3.51. The van der Waals surface area contributed by atoms with Crippen LogP contribution in [0.15, 0.2) is 60.4 Å². The number of rotatable bonds is 5. The van der Waals surface area contributed by atoms with Crippen molar-refractivity contribution in [3.8, 4) is 23.0 Å². The molecule has 0 saturated heterocycles. The molecule has 0 amide bonds. The van der Waals surface area contributed by atoms with Gasteiger partial charge >= 0.3 is 5.97 Å². The van der Waals surface area contributed by atoms with Crippen molar-refractivity contribution < 1.29 is 28.5 Å². The number of halogens is 1. The van der Waals surface area contributed by atoms with Gasteiger partial charge in [-0.15, -0.1) is 0 Å². The Labute approximate surface area is 189 Å². The minimum atomic E-state index is -0.536. The van der Waals surface area contributed by atoms with E-state index in [1.807, 2.05) is 0 Å². The van der Waals surface area contributed by atoms with Crippen molar-refractivity contribution in [3.05, 3.63) is 87.6 Å². The molecule has 1 heterocycles. The number of fused-ring (bicyclic) bond motifs is 1. The van der Waals surface area contributed by atoms with Gasteiger partial charge in [-0.25, -0.2) is 4.79 Å². The fraction of sp³-hybridized carbons (Fsp3) is 0.120. The molecule has 7 heteroatoms. The second-order valence-electron chi connectivity index (χ2n) is 7.06. The largest absolute Gasteiger partial charge is 0.493 e. The van der Waals surface area contributed by atoms with E-state index in [1.54, 1.807) is 68.6 Å². The molecule has 32 heavy (non-hydrogen) atoms. The van der Waals surface area contributed by atoms with Gasteiger partial charge in [-0.05, 0) is 66.6 Å². The number of esters is 1. The van der Waals surface area contributed by atoms with Crippen molar-refractivity contribution in [1.29, 1.82) is 0 Å². The Morgan fingerprint density at radius 1 is 0.969 bits per heavy atom. The van der Waals surface area contributed by atoms with Crippen LogP contribution in [0.2, 0.25) is 5.02 Å². The summed E-state index contributed by atoms with van der Waals surface area (Å²) in [6.45, 7) is 1.76. The lowest BCUT2D eigenvalue weighted by molar-refractivity contribution is 0.0734. The molecule has 0 radical (unpaired) electrons. The summed E-state index contributed by atoms with van der Waals surface area (Å²) in [7, 11) is 3.09. The van der Waals surface area contributed by atoms with Gasteiger partial charge in [-0.1, -0.05) is 17.7 Å². The average molecular weight is 451 g/mol. The minimum Gasteiger partial charge on any atom is -0.493 e. The number of methoxy groups -OCH3 is 2. The average Bonchev–Trinajstić information content (AvgIpc) is 3.09. The second kappa shape index (κ2) is 8.77. The molecule has 1 aliphatic rings. The van der Waals surface area contributed by atoms with Crippen LogP contribution in [0.25, 0.3) is 6.08 Å². The van der Waals surface area contributed by atoms with E-state index in [9.17, 15) is 9.59 Å². The van der Waals surface area contributed by atoms with Gasteiger partial charge in [0.15, 0.2) is 17.3 Å². The van der Waals surface area contributed by atoms with Crippen molar-refractivity contribution in [1.82, 2.24) is 0 Å². The molecule has 0 N–H and O–H groups in total. The topological polar surface area (TPSA) is 71.1 Å². The zero-order chi connectivity index (χ0) is 22.8. The number of allylic oxidation sites excluding steroid dienone is 1. The van der Waals surface area contributed by atoms with Crippen molar-refractivity contribution in [2.75, 3.05) is 14.2 Å². The highest BCUT2D eigenvalue weighted by atomic mass is 35.5. The Morgan fingerprint density at radius 2 is 1.69 bits per heavy atom. The van der Waals surface area contributed by atoms with Crippen LogP contribution in [-0.2, 0) is 0 Å². The van der Waals surface area contributed by atoms with Crippen LogP contribution in [0.4, 0.5) is 0 Å².